The zero-order valence-corrected chi connectivity index (χ0v) is 18.7. The molecule has 1 saturated carbocycles. The fraction of sp³-hybridized carbons (Fsp3) is 0.619. The van der Waals surface area contributed by atoms with Gasteiger partial charge in [-0.1, -0.05) is 13.3 Å². The third-order valence-electron chi connectivity index (χ3n) is 5.19. The number of hydrogen-bond acceptors (Lipinski definition) is 7. The van der Waals surface area contributed by atoms with E-state index in [0.29, 0.717) is 19.4 Å². The molecule has 1 aromatic heterocycles. The number of alkyl halides is 3. The maximum absolute atomic E-state index is 13.7. The average Bonchev–Trinajstić information content (AvgIpc) is 2.73. The van der Waals surface area contributed by atoms with Crippen LogP contribution in [0.3, 0.4) is 0 Å². The molecule has 1 heterocycles. The van der Waals surface area contributed by atoms with Crippen LogP contribution in [0.4, 0.5) is 18.0 Å². The summed E-state index contributed by atoms with van der Waals surface area (Å²) in [5.41, 5.74) is 4.79. The number of nitrogens with zero attached hydrogens (tertiary/aromatic N) is 3. The van der Waals surface area contributed by atoms with Crippen molar-refractivity contribution in [3.8, 4) is 5.75 Å². The first-order chi connectivity index (χ1) is 15.0. The van der Waals surface area contributed by atoms with Crippen LogP contribution in [-0.2, 0) is 10.9 Å². The molecule has 0 bridgehead atoms. The summed E-state index contributed by atoms with van der Waals surface area (Å²) < 4.78 is 52.0. The second kappa shape index (κ2) is 11.3. The minimum Gasteiger partial charge on any atom is -0.488 e. The van der Waals surface area contributed by atoms with E-state index >= 15 is 0 Å². The number of carbonyl (C=O) groups is 1. The molecule has 1 amide bonds. The molecule has 0 aliphatic heterocycles. The maximum atomic E-state index is 13.7. The number of hydrazine groups is 1. The summed E-state index contributed by atoms with van der Waals surface area (Å²) in [6.45, 7) is 2.08. The number of likely N-dealkylation sites (N-methyl/N-ethyl adjacent to an activating group) is 1. The molecular weight excluding hydrogens is 427 g/mol. The van der Waals surface area contributed by atoms with Crippen LogP contribution >= 0.6 is 0 Å². The van der Waals surface area contributed by atoms with Gasteiger partial charge in [0.2, 0.25) is 0 Å². The molecule has 0 atom stereocenters. The van der Waals surface area contributed by atoms with Crippen LogP contribution in [0.5, 0.6) is 5.75 Å². The molecule has 8 nitrogen and oxygen atoms in total. The molecule has 0 spiro atoms. The highest BCUT2D eigenvalue weighted by Crippen LogP contribution is 2.37. The number of ether oxygens (including phenoxy) is 2. The Balaban J connectivity index is 2.31. The predicted molar refractivity (Wildman–Crippen MR) is 114 cm³/mol. The van der Waals surface area contributed by atoms with Crippen LogP contribution in [0, 0.1) is 0 Å². The van der Waals surface area contributed by atoms with Gasteiger partial charge in [0.05, 0.1) is 23.2 Å². The topological polar surface area (TPSA) is 107 Å². The SMILES string of the molecule is CCCN(C)C(=O)OC/C(=C(/N)c1ccc(OC2CCCCC2)c(C(F)(F)F)n1)N(C)N. The van der Waals surface area contributed by atoms with E-state index in [1.165, 1.54) is 24.1 Å². The quantitative estimate of drug-likeness (QED) is 0.451. The Hall–Kier alpha value is -2.69. The van der Waals surface area contributed by atoms with Gasteiger partial charge < -0.3 is 25.1 Å². The molecule has 1 aliphatic carbocycles. The first kappa shape index (κ1) is 25.6. The fourth-order valence-corrected chi connectivity index (χ4v) is 3.44. The first-order valence-electron chi connectivity index (χ1n) is 10.6. The van der Waals surface area contributed by atoms with Crippen LogP contribution in [0.25, 0.3) is 5.70 Å². The lowest BCUT2D eigenvalue weighted by Crippen LogP contribution is -2.34. The fourth-order valence-electron chi connectivity index (χ4n) is 3.44. The summed E-state index contributed by atoms with van der Waals surface area (Å²) in [4.78, 5) is 17.2. The van der Waals surface area contributed by atoms with Crippen molar-refractivity contribution in [2.45, 2.75) is 57.7 Å². The molecule has 0 radical (unpaired) electrons. The van der Waals surface area contributed by atoms with E-state index < -0.39 is 18.0 Å². The number of amides is 1. The number of halogens is 3. The van der Waals surface area contributed by atoms with Crippen LogP contribution in [0.1, 0.15) is 56.8 Å². The highest BCUT2D eigenvalue weighted by Gasteiger charge is 2.38. The van der Waals surface area contributed by atoms with E-state index in [2.05, 4.69) is 4.98 Å². The highest BCUT2D eigenvalue weighted by atomic mass is 19.4. The minimum absolute atomic E-state index is 0.116. The van der Waals surface area contributed by atoms with Crippen LogP contribution in [0.2, 0.25) is 0 Å². The Morgan fingerprint density at radius 3 is 2.44 bits per heavy atom. The molecule has 11 heteroatoms. The largest absolute Gasteiger partial charge is 0.488 e. The van der Waals surface area contributed by atoms with Gasteiger partial charge in [0.25, 0.3) is 0 Å². The lowest BCUT2D eigenvalue weighted by atomic mass is 9.98. The molecule has 4 N–H and O–H groups in total. The molecule has 1 fully saturated rings. The maximum Gasteiger partial charge on any atom is 0.437 e. The molecule has 0 unspecified atom stereocenters. The summed E-state index contributed by atoms with van der Waals surface area (Å²) in [7, 11) is 3.02. The van der Waals surface area contributed by atoms with Gasteiger partial charge in [0, 0.05) is 20.6 Å². The summed E-state index contributed by atoms with van der Waals surface area (Å²) in [5.74, 6) is 5.47. The minimum atomic E-state index is -4.73. The first-order valence-corrected chi connectivity index (χ1v) is 10.6. The van der Waals surface area contributed by atoms with E-state index in [1.807, 2.05) is 6.92 Å². The molecule has 1 aromatic rings. The summed E-state index contributed by atoms with van der Waals surface area (Å²) >= 11 is 0. The van der Waals surface area contributed by atoms with Gasteiger partial charge in [0.1, 0.15) is 6.61 Å². The Morgan fingerprint density at radius 2 is 1.88 bits per heavy atom. The Morgan fingerprint density at radius 1 is 1.22 bits per heavy atom. The third kappa shape index (κ3) is 6.91. The van der Waals surface area contributed by atoms with Gasteiger partial charge in [-0.3, -0.25) is 0 Å². The molecule has 180 valence electrons. The van der Waals surface area contributed by atoms with E-state index in [0.717, 1.165) is 30.7 Å². The van der Waals surface area contributed by atoms with Gasteiger partial charge in [-0.25, -0.2) is 15.6 Å². The number of hydrogen-bond donors (Lipinski definition) is 2. The molecular formula is C21H32F3N5O3. The number of nitrogens with two attached hydrogens (primary N) is 2. The zero-order chi connectivity index (χ0) is 23.9. The molecule has 0 saturated heterocycles. The van der Waals surface area contributed by atoms with Crippen LogP contribution in [0.15, 0.2) is 17.8 Å². The highest BCUT2D eigenvalue weighted by molar-refractivity contribution is 5.68. The number of rotatable bonds is 8. The van der Waals surface area contributed by atoms with Crippen LogP contribution in [-0.4, -0.2) is 54.3 Å². The monoisotopic (exact) mass is 459 g/mol. The van der Waals surface area contributed by atoms with Crippen molar-refractivity contribution < 1.29 is 27.4 Å². The van der Waals surface area contributed by atoms with Gasteiger partial charge in [0.15, 0.2) is 11.4 Å². The number of aromatic nitrogens is 1. The van der Waals surface area contributed by atoms with Crippen molar-refractivity contribution in [2.24, 2.45) is 11.6 Å². The van der Waals surface area contributed by atoms with E-state index in [4.69, 9.17) is 21.1 Å². The molecule has 32 heavy (non-hydrogen) atoms. The Labute approximate surface area is 186 Å². The predicted octanol–water partition coefficient (Wildman–Crippen LogP) is 3.72. The second-order valence-corrected chi connectivity index (χ2v) is 7.87. The van der Waals surface area contributed by atoms with Crippen molar-refractivity contribution in [1.82, 2.24) is 14.9 Å². The Kier molecular flexibility index (Phi) is 8.99. The Bertz CT molecular complexity index is 808. The summed E-state index contributed by atoms with van der Waals surface area (Å²) in [5, 5.41) is 1.09. The van der Waals surface area contributed by atoms with E-state index in [1.54, 1.807) is 7.05 Å². The van der Waals surface area contributed by atoms with Crippen molar-refractivity contribution in [3.05, 3.63) is 29.2 Å². The lowest BCUT2D eigenvalue weighted by molar-refractivity contribution is -0.143. The van der Waals surface area contributed by atoms with Gasteiger partial charge in [-0.05, 0) is 44.2 Å². The van der Waals surface area contributed by atoms with Gasteiger partial charge in [-0.2, -0.15) is 13.2 Å². The van der Waals surface area contributed by atoms with E-state index in [9.17, 15) is 18.0 Å². The molecule has 0 aromatic carbocycles. The normalized spacial score (nSPS) is 15.7. The summed E-state index contributed by atoms with van der Waals surface area (Å²) in [6, 6.07) is 2.57. The van der Waals surface area contributed by atoms with Crippen molar-refractivity contribution in [3.63, 3.8) is 0 Å². The van der Waals surface area contributed by atoms with E-state index in [-0.39, 0.29) is 35.5 Å². The summed E-state index contributed by atoms with van der Waals surface area (Å²) in [6.07, 6.45) is -0.538. The third-order valence-corrected chi connectivity index (χ3v) is 5.19. The number of carbonyl (C=O) groups excluding carboxylic acids is 1. The lowest BCUT2D eigenvalue weighted by Gasteiger charge is -2.25. The van der Waals surface area contributed by atoms with Crippen molar-refractivity contribution in [2.75, 3.05) is 27.2 Å². The van der Waals surface area contributed by atoms with Crippen molar-refractivity contribution >= 4 is 11.8 Å². The van der Waals surface area contributed by atoms with Gasteiger partial charge in [-0.15, -0.1) is 0 Å². The second-order valence-electron chi connectivity index (χ2n) is 7.87. The molecule has 2 rings (SSSR count). The average molecular weight is 460 g/mol. The molecule has 1 aliphatic rings. The number of pyridine rings is 1. The zero-order valence-electron chi connectivity index (χ0n) is 18.7. The van der Waals surface area contributed by atoms with Crippen molar-refractivity contribution in [1.29, 1.82) is 0 Å². The van der Waals surface area contributed by atoms with Gasteiger partial charge >= 0.3 is 12.3 Å². The smallest absolute Gasteiger partial charge is 0.437 e. The standard InChI is InChI=1S/C21H32F3N5O3/c1-4-12-28(2)20(30)31-13-16(29(3)26)18(25)15-10-11-17(19(27-15)21(22,23)24)32-14-8-6-5-7-9-14/h10-11,14H,4-9,12-13,25-26H2,1-3H3/b18-16-. The van der Waals surface area contributed by atoms with Crippen LogP contribution < -0.4 is 16.3 Å².